The SMILES string of the molecule is CCC(CC1=NC2C(CCCC2N(C(N)C2=CC(C)=CC(C(C)(C)C)C2O)C2CCC(C3C(C4CCCCC4)CCCC3C(C)(C)C)CC2C)C2CC(C3CCCCC3)CC1C2P)C1CCC(C)CC1. The molecule has 0 spiro atoms. The third kappa shape index (κ3) is 11.6. The fraction of sp³-hybridized carbons (Fsp3) is 0.923. The van der Waals surface area contributed by atoms with Crippen molar-refractivity contribution in [2.75, 3.05) is 0 Å². The average molecular weight is 983 g/mol. The molecule has 1 heterocycles. The van der Waals surface area contributed by atoms with E-state index in [4.69, 9.17) is 10.7 Å². The summed E-state index contributed by atoms with van der Waals surface area (Å²) in [7, 11) is 3.58. The Kier molecular flexibility index (Phi) is 17.8. The van der Waals surface area contributed by atoms with Gasteiger partial charge in [0.1, 0.15) is 0 Å². The molecule has 8 aliphatic carbocycles. The number of rotatable bonds is 11. The Hall–Kier alpha value is -0.540. The Bertz CT molecular complexity index is 1780. The van der Waals surface area contributed by atoms with Gasteiger partial charge in [-0.2, -0.15) is 0 Å². The predicted octanol–water partition coefficient (Wildman–Crippen LogP) is 16.6. The van der Waals surface area contributed by atoms with Crippen molar-refractivity contribution >= 4 is 15.0 Å². The second-order valence-corrected chi connectivity index (χ2v) is 30.4. The van der Waals surface area contributed by atoms with Crippen molar-refractivity contribution in [1.29, 1.82) is 0 Å². The molecule has 7 fully saturated rings. The van der Waals surface area contributed by atoms with Crippen LogP contribution in [0.25, 0.3) is 0 Å². The van der Waals surface area contributed by atoms with Gasteiger partial charge in [0.15, 0.2) is 0 Å². The van der Waals surface area contributed by atoms with Crippen LogP contribution in [0.2, 0.25) is 0 Å². The Morgan fingerprint density at radius 3 is 1.99 bits per heavy atom. The highest BCUT2D eigenvalue weighted by molar-refractivity contribution is 7.17. The zero-order valence-corrected chi connectivity index (χ0v) is 48.5. The maximum atomic E-state index is 12.7. The van der Waals surface area contributed by atoms with Crippen molar-refractivity contribution in [3.8, 4) is 0 Å². The highest BCUT2D eigenvalue weighted by atomic mass is 31.0. The van der Waals surface area contributed by atoms with Crippen molar-refractivity contribution in [3.63, 3.8) is 0 Å². The first kappa shape index (κ1) is 54.3. The molecule has 0 saturated heterocycles. The Balaban J connectivity index is 1.10. The van der Waals surface area contributed by atoms with Crippen LogP contribution in [-0.2, 0) is 0 Å². The minimum absolute atomic E-state index is 0.0510. The molecule has 2 bridgehead atoms. The minimum Gasteiger partial charge on any atom is -0.388 e. The first-order valence-electron chi connectivity index (χ1n) is 31.4. The van der Waals surface area contributed by atoms with Crippen molar-refractivity contribution < 1.29 is 5.11 Å². The quantitative estimate of drug-likeness (QED) is 0.160. The van der Waals surface area contributed by atoms with Crippen LogP contribution in [0.5, 0.6) is 0 Å². The van der Waals surface area contributed by atoms with Gasteiger partial charge in [-0.3, -0.25) is 9.89 Å². The van der Waals surface area contributed by atoms with Crippen molar-refractivity contribution in [2.45, 2.75) is 279 Å². The van der Waals surface area contributed by atoms with E-state index >= 15 is 0 Å². The van der Waals surface area contributed by atoms with Crippen LogP contribution < -0.4 is 5.73 Å². The van der Waals surface area contributed by atoms with Crippen molar-refractivity contribution in [3.05, 3.63) is 23.3 Å². The molecule has 5 heteroatoms. The summed E-state index contributed by atoms with van der Waals surface area (Å²) >= 11 is 0. The number of allylic oxidation sites excluding steroid dienone is 2. The number of fused-ring (bicyclic) bond motifs is 4. The zero-order valence-electron chi connectivity index (χ0n) is 47.4. The van der Waals surface area contributed by atoms with Crippen LogP contribution >= 0.6 is 9.24 Å². The topological polar surface area (TPSA) is 61.8 Å². The van der Waals surface area contributed by atoms with Crippen LogP contribution in [0.15, 0.2) is 28.3 Å². The summed E-state index contributed by atoms with van der Waals surface area (Å²) in [6.45, 7) is 24.7. The summed E-state index contributed by atoms with van der Waals surface area (Å²) < 4.78 is 0. The maximum absolute atomic E-state index is 12.7. The zero-order chi connectivity index (χ0) is 49.6. The van der Waals surface area contributed by atoms with Gasteiger partial charge in [-0.15, -0.1) is 9.24 Å². The van der Waals surface area contributed by atoms with Gasteiger partial charge in [-0.25, -0.2) is 0 Å². The lowest BCUT2D eigenvalue weighted by molar-refractivity contribution is -0.0588. The molecule has 1 aliphatic heterocycles. The summed E-state index contributed by atoms with van der Waals surface area (Å²) in [5, 5.41) is 12.7. The lowest BCUT2D eigenvalue weighted by atomic mass is 9.53. The third-order valence-corrected chi connectivity index (χ3v) is 24.3. The largest absolute Gasteiger partial charge is 0.388 e. The molecule has 7 saturated carbocycles. The van der Waals surface area contributed by atoms with Gasteiger partial charge in [0.2, 0.25) is 0 Å². The van der Waals surface area contributed by atoms with Crippen molar-refractivity contribution in [1.82, 2.24) is 4.90 Å². The number of hydrogen-bond donors (Lipinski definition) is 2. The van der Waals surface area contributed by atoms with Crippen LogP contribution in [-0.4, -0.2) is 51.8 Å². The van der Waals surface area contributed by atoms with E-state index in [2.05, 4.69) is 95.5 Å². The van der Waals surface area contributed by atoms with Gasteiger partial charge in [-0.05, 0) is 183 Å². The smallest absolute Gasteiger partial charge is 0.0848 e. The monoisotopic (exact) mass is 982 g/mol. The van der Waals surface area contributed by atoms with Gasteiger partial charge in [0, 0.05) is 29.6 Å². The number of hydrogen-bond acceptors (Lipinski definition) is 4. The summed E-state index contributed by atoms with van der Waals surface area (Å²) in [6, 6.07) is 1.01. The molecule has 3 N–H and O–H groups in total. The molecule has 4 nitrogen and oxygen atoms in total. The summed E-state index contributed by atoms with van der Waals surface area (Å²) in [5.74, 6) is 11.2. The number of nitrogens with two attached hydrogens (primary N) is 1. The Morgan fingerprint density at radius 1 is 0.686 bits per heavy atom. The molecule has 0 aromatic carbocycles. The minimum atomic E-state index is -0.568. The van der Waals surface area contributed by atoms with Crippen LogP contribution in [0.3, 0.4) is 0 Å². The molecular formula is C65H112N3OP. The number of aliphatic hydroxyl groups is 1. The number of nitrogens with zero attached hydrogens (tertiary/aromatic N) is 2. The number of aliphatic hydroxyl groups excluding tert-OH is 1. The van der Waals surface area contributed by atoms with Gasteiger partial charge < -0.3 is 10.8 Å². The Morgan fingerprint density at radius 2 is 1.34 bits per heavy atom. The van der Waals surface area contributed by atoms with Crippen LogP contribution in [0.1, 0.15) is 243 Å². The molecule has 18 atom stereocenters. The lowest BCUT2D eigenvalue weighted by Crippen LogP contribution is -2.63. The molecule has 9 aliphatic rings. The first-order chi connectivity index (χ1) is 33.4. The number of aliphatic imine (C=N–C) groups is 1. The summed E-state index contributed by atoms with van der Waals surface area (Å²) in [6.07, 6.45) is 41.6. The maximum Gasteiger partial charge on any atom is 0.0848 e. The predicted molar refractivity (Wildman–Crippen MR) is 303 cm³/mol. The molecule has 9 rings (SSSR count). The fourth-order valence-electron chi connectivity index (χ4n) is 19.6. The van der Waals surface area contributed by atoms with Gasteiger partial charge in [0.05, 0.1) is 18.3 Å². The van der Waals surface area contributed by atoms with Gasteiger partial charge in [-0.1, -0.05) is 176 Å². The molecule has 18 unspecified atom stereocenters. The van der Waals surface area contributed by atoms with E-state index in [1.807, 2.05) is 0 Å². The highest BCUT2D eigenvalue weighted by Crippen LogP contribution is 2.58. The van der Waals surface area contributed by atoms with Crippen LogP contribution in [0.4, 0.5) is 0 Å². The van der Waals surface area contributed by atoms with E-state index in [1.165, 1.54) is 179 Å². The molecule has 0 radical (unpaired) electrons. The molecule has 0 amide bonds. The van der Waals surface area contributed by atoms with Gasteiger partial charge in [0.25, 0.3) is 0 Å². The van der Waals surface area contributed by atoms with E-state index in [0.29, 0.717) is 47.0 Å². The summed E-state index contributed by atoms with van der Waals surface area (Å²) in [5.41, 5.74) is 13.1. The highest BCUT2D eigenvalue weighted by Gasteiger charge is 2.55. The lowest BCUT2D eigenvalue weighted by Gasteiger charge is -2.56. The molecule has 0 aromatic heterocycles. The molecular weight excluding hydrogens is 870 g/mol. The Labute approximate surface area is 435 Å². The van der Waals surface area contributed by atoms with Crippen LogP contribution in [0, 0.1) is 99.6 Å². The molecule has 70 heavy (non-hydrogen) atoms. The van der Waals surface area contributed by atoms with E-state index in [0.717, 1.165) is 70.7 Å². The van der Waals surface area contributed by atoms with Crippen molar-refractivity contribution in [2.24, 2.45) is 110 Å². The standard InChI is InChI=1S/C65H112N3OP/c1-11-43(45-30-28-40(2)29-31-45)39-56-52-38-48(44-20-14-12-15-21-44)37-51(62(52)70)50-25-19-27-58(60(50)67-56)68(63(66)53-34-41(3)35-55(61(53)69)65(8,9)10)57-33-32-47(36-42(57)4)59-49(46-22-16-13-17-23-46)24-18-26-54(59)64(5,6)7/h34-35,40,42-52,54-55,57-63,69H,11-33,36-39,66,70H2,1-10H3. The van der Waals surface area contributed by atoms with Gasteiger partial charge >= 0.3 is 0 Å². The van der Waals surface area contributed by atoms with E-state index in [9.17, 15) is 5.11 Å². The third-order valence-electron chi connectivity index (χ3n) is 23.3. The second-order valence-electron chi connectivity index (χ2n) is 29.6. The average Bonchev–Trinajstić information content (AvgIpc) is 3.39. The van der Waals surface area contributed by atoms with E-state index < -0.39 is 6.10 Å². The van der Waals surface area contributed by atoms with E-state index in [-0.39, 0.29) is 17.5 Å². The first-order valence-corrected chi connectivity index (χ1v) is 32.0. The fourth-order valence-corrected chi connectivity index (χ4v) is 20.4. The second kappa shape index (κ2) is 23.0. The van der Waals surface area contributed by atoms with E-state index in [1.54, 1.807) is 5.71 Å². The molecule has 398 valence electrons. The normalized spacial score (nSPS) is 42.8. The molecule has 0 aromatic rings. The summed E-state index contributed by atoms with van der Waals surface area (Å²) in [4.78, 5) is 9.48.